The highest BCUT2D eigenvalue weighted by atomic mass is 79.9. The van der Waals surface area contributed by atoms with Crippen LogP contribution in [0.1, 0.15) is 12.0 Å². The number of likely N-dealkylation sites (tertiary alicyclic amines) is 1. The van der Waals surface area contributed by atoms with Crippen molar-refractivity contribution < 1.29 is 12.8 Å². The average molecular weight is 337 g/mol. The van der Waals surface area contributed by atoms with E-state index in [4.69, 9.17) is 5.14 Å². The topological polar surface area (TPSA) is 63.4 Å². The molecular formula is C11H14BrFN2O2S. The van der Waals surface area contributed by atoms with Crippen molar-refractivity contribution in [1.29, 1.82) is 0 Å². The third-order valence-electron chi connectivity index (χ3n) is 3.08. The summed E-state index contributed by atoms with van der Waals surface area (Å²) in [5.74, 6) is -0.310. The van der Waals surface area contributed by atoms with E-state index in [9.17, 15) is 12.8 Å². The normalized spacial score (nSPS) is 21.4. The fraction of sp³-hybridized carbons (Fsp3) is 0.455. The molecule has 1 aromatic carbocycles. The molecule has 0 saturated carbocycles. The minimum atomic E-state index is -3.47. The summed E-state index contributed by atoms with van der Waals surface area (Å²) in [5, 5.41) is 4.62. The van der Waals surface area contributed by atoms with Gasteiger partial charge in [0.1, 0.15) is 5.82 Å². The summed E-state index contributed by atoms with van der Waals surface area (Å²) in [5.41, 5.74) is 0.825. The first-order chi connectivity index (χ1) is 8.36. The molecule has 0 amide bonds. The summed E-state index contributed by atoms with van der Waals surface area (Å²) in [7, 11) is -3.47. The lowest BCUT2D eigenvalue weighted by Gasteiger charge is -2.15. The number of nitrogens with two attached hydrogens (primary N) is 1. The molecule has 2 N–H and O–H groups in total. The summed E-state index contributed by atoms with van der Waals surface area (Å²) >= 11 is 3.09. The van der Waals surface area contributed by atoms with Crippen LogP contribution in [0.15, 0.2) is 22.7 Å². The smallest absolute Gasteiger partial charge is 0.213 e. The van der Waals surface area contributed by atoms with E-state index in [2.05, 4.69) is 15.9 Å². The molecule has 0 radical (unpaired) electrons. The van der Waals surface area contributed by atoms with Crippen LogP contribution in [0.25, 0.3) is 0 Å². The van der Waals surface area contributed by atoms with Gasteiger partial charge >= 0.3 is 0 Å². The van der Waals surface area contributed by atoms with Crippen LogP contribution in [-0.2, 0) is 16.6 Å². The van der Waals surface area contributed by atoms with Gasteiger partial charge in [-0.2, -0.15) is 0 Å². The van der Waals surface area contributed by atoms with Gasteiger partial charge in [0.2, 0.25) is 10.0 Å². The summed E-state index contributed by atoms with van der Waals surface area (Å²) in [4.78, 5) is 1.97. The van der Waals surface area contributed by atoms with Crippen molar-refractivity contribution in [3.8, 4) is 0 Å². The fourth-order valence-electron chi connectivity index (χ4n) is 2.11. The lowest BCUT2D eigenvalue weighted by atomic mass is 10.2. The molecule has 0 spiro atoms. The zero-order valence-corrected chi connectivity index (χ0v) is 12.0. The maximum atomic E-state index is 13.3. The third kappa shape index (κ3) is 3.28. The van der Waals surface area contributed by atoms with Gasteiger partial charge in [-0.1, -0.05) is 6.07 Å². The first kappa shape index (κ1) is 13.9. The monoisotopic (exact) mass is 336 g/mol. The molecule has 1 aromatic rings. The molecule has 18 heavy (non-hydrogen) atoms. The summed E-state index contributed by atoms with van der Waals surface area (Å²) in [6, 6.07) is 4.92. The SMILES string of the molecule is NS(=O)(=O)[C@@H]1CCN(Cc2ccc(Br)c(F)c2)C1. The van der Waals surface area contributed by atoms with Crippen LogP contribution in [-0.4, -0.2) is 31.7 Å². The molecule has 7 heteroatoms. The van der Waals surface area contributed by atoms with E-state index in [1.807, 2.05) is 11.0 Å². The molecule has 1 fully saturated rings. The Hall–Kier alpha value is -0.500. The van der Waals surface area contributed by atoms with Crippen molar-refractivity contribution in [2.75, 3.05) is 13.1 Å². The van der Waals surface area contributed by atoms with Crippen molar-refractivity contribution in [3.05, 3.63) is 34.1 Å². The molecule has 1 saturated heterocycles. The van der Waals surface area contributed by atoms with Gasteiger partial charge in [-0.05, 0) is 46.6 Å². The van der Waals surface area contributed by atoms with Gasteiger partial charge in [0.15, 0.2) is 0 Å². The van der Waals surface area contributed by atoms with Crippen molar-refractivity contribution in [1.82, 2.24) is 4.90 Å². The number of hydrogen-bond acceptors (Lipinski definition) is 3. The molecule has 1 atom stereocenters. The van der Waals surface area contributed by atoms with E-state index >= 15 is 0 Å². The summed E-state index contributed by atoms with van der Waals surface area (Å²) in [6.45, 7) is 1.62. The maximum absolute atomic E-state index is 13.3. The van der Waals surface area contributed by atoms with Crippen molar-refractivity contribution in [3.63, 3.8) is 0 Å². The lowest BCUT2D eigenvalue weighted by molar-refractivity contribution is 0.331. The molecule has 0 aliphatic carbocycles. The summed E-state index contributed by atoms with van der Waals surface area (Å²) in [6.07, 6.45) is 0.540. The number of nitrogens with zero attached hydrogens (tertiary/aromatic N) is 1. The minimum Gasteiger partial charge on any atom is -0.298 e. The zero-order valence-electron chi connectivity index (χ0n) is 9.64. The number of primary sulfonamides is 1. The van der Waals surface area contributed by atoms with E-state index in [-0.39, 0.29) is 5.82 Å². The van der Waals surface area contributed by atoms with Crippen LogP contribution in [0.5, 0.6) is 0 Å². The number of sulfonamides is 1. The Labute approximate surface area is 114 Å². The molecule has 0 bridgehead atoms. The van der Waals surface area contributed by atoms with E-state index in [1.54, 1.807) is 6.07 Å². The molecule has 2 rings (SSSR count). The Bertz CT molecular complexity index is 550. The molecule has 1 aliphatic heterocycles. The number of halogens is 2. The van der Waals surface area contributed by atoms with Crippen LogP contribution in [0.4, 0.5) is 4.39 Å². The predicted molar refractivity (Wildman–Crippen MR) is 70.9 cm³/mol. The van der Waals surface area contributed by atoms with Gasteiger partial charge in [0.25, 0.3) is 0 Å². The van der Waals surface area contributed by atoms with Gasteiger partial charge in [-0.25, -0.2) is 17.9 Å². The van der Waals surface area contributed by atoms with E-state index in [0.717, 1.165) is 5.56 Å². The van der Waals surface area contributed by atoms with Crippen LogP contribution >= 0.6 is 15.9 Å². The van der Waals surface area contributed by atoms with Gasteiger partial charge in [0.05, 0.1) is 9.72 Å². The van der Waals surface area contributed by atoms with Crippen LogP contribution in [0.2, 0.25) is 0 Å². The van der Waals surface area contributed by atoms with Crippen LogP contribution in [0.3, 0.4) is 0 Å². The van der Waals surface area contributed by atoms with Gasteiger partial charge in [-0.15, -0.1) is 0 Å². The van der Waals surface area contributed by atoms with Crippen molar-refractivity contribution in [2.45, 2.75) is 18.2 Å². The first-order valence-corrected chi connectivity index (χ1v) is 7.94. The molecule has 0 unspecified atom stereocenters. The predicted octanol–water partition coefficient (Wildman–Crippen LogP) is 1.45. The molecule has 100 valence electrons. The van der Waals surface area contributed by atoms with E-state index in [1.165, 1.54) is 6.07 Å². The van der Waals surface area contributed by atoms with E-state index in [0.29, 0.717) is 30.5 Å². The Kier molecular flexibility index (Phi) is 4.05. The number of rotatable bonds is 3. The highest BCUT2D eigenvalue weighted by Crippen LogP contribution is 2.20. The number of hydrogen-bond donors (Lipinski definition) is 1. The van der Waals surface area contributed by atoms with E-state index < -0.39 is 15.3 Å². The summed E-state index contributed by atoms with van der Waals surface area (Å²) < 4.78 is 36.2. The fourth-order valence-corrected chi connectivity index (χ4v) is 3.20. The van der Waals surface area contributed by atoms with Gasteiger partial charge in [0, 0.05) is 13.1 Å². The Morgan fingerprint density at radius 1 is 1.50 bits per heavy atom. The minimum absolute atomic E-state index is 0.310. The Morgan fingerprint density at radius 3 is 2.78 bits per heavy atom. The highest BCUT2D eigenvalue weighted by molar-refractivity contribution is 9.10. The zero-order chi connectivity index (χ0) is 13.3. The molecular weight excluding hydrogens is 323 g/mol. The molecule has 0 aromatic heterocycles. The Morgan fingerprint density at radius 2 is 2.22 bits per heavy atom. The molecule has 1 aliphatic rings. The molecule has 1 heterocycles. The van der Waals surface area contributed by atoms with Gasteiger partial charge in [-0.3, -0.25) is 4.90 Å². The first-order valence-electron chi connectivity index (χ1n) is 5.54. The van der Waals surface area contributed by atoms with Gasteiger partial charge < -0.3 is 0 Å². The average Bonchev–Trinajstić information content (AvgIpc) is 2.72. The van der Waals surface area contributed by atoms with Crippen molar-refractivity contribution in [2.24, 2.45) is 5.14 Å². The second-order valence-corrected chi connectivity index (χ2v) is 7.18. The molecule has 4 nitrogen and oxygen atoms in total. The Balaban J connectivity index is 2.01. The standard InChI is InChI=1S/C11H14BrFN2O2S/c12-10-2-1-8(5-11(10)13)6-15-4-3-9(7-15)18(14,16)17/h1-2,5,9H,3-4,6-7H2,(H2,14,16,17)/t9-/m1/s1. The van der Waals surface area contributed by atoms with Crippen molar-refractivity contribution >= 4 is 26.0 Å². The van der Waals surface area contributed by atoms with Crippen LogP contribution in [0, 0.1) is 5.82 Å². The van der Waals surface area contributed by atoms with Crippen LogP contribution < -0.4 is 5.14 Å². The maximum Gasteiger partial charge on any atom is 0.213 e. The lowest BCUT2D eigenvalue weighted by Crippen LogP contribution is -2.31. The third-order valence-corrected chi connectivity index (χ3v) is 5.04. The number of benzene rings is 1. The largest absolute Gasteiger partial charge is 0.298 e. The quantitative estimate of drug-likeness (QED) is 0.908. The highest BCUT2D eigenvalue weighted by Gasteiger charge is 2.30. The second kappa shape index (κ2) is 5.24. The second-order valence-electron chi connectivity index (χ2n) is 4.48.